The van der Waals surface area contributed by atoms with Gasteiger partial charge >= 0.3 is 0 Å². The van der Waals surface area contributed by atoms with Gasteiger partial charge in [0.15, 0.2) is 0 Å². The Kier molecular flexibility index (Phi) is 2.93. The highest BCUT2D eigenvalue weighted by Crippen LogP contribution is 2.31. The second-order valence-electron chi connectivity index (χ2n) is 4.19. The van der Waals surface area contributed by atoms with Crippen molar-refractivity contribution in [1.29, 1.82) is 0 Å². The van der Waals surface area contributed by atoms with Crippen molar-refractivity contribution in [3.63, 3.8) is 0 Å². The van der Waals surface area contributed by atoms with Crippen LogP contribution in [0.4, 0.5) is 0 Å². The lowest BCUT2D eigenvalue weighted by atomic mass is 9.95. The van der Waals surface area contributed by atoms with Gasteiger partial charge in [-0.2, -0.15) is 0 Å². The summed E-state index contributed by atoms with van der Waals surface area (Å²) in [5, 5.41) is 0. The smallest absolute Gasteiger partial charge is 0.00990 e. The highest BCUT2D eigenvalue weighted by atomic mass is 14.1. The monoisotopic (exact) mass is 229 g/mol. The molecule has 0 heterocycles. The zero-order valence-corrected chi connectivity index (χ0v) is 10.0. The van der Waals surface area contributed by atoms with Gasteiger partial charge in [-0.3, -0.25) is 0 Å². The van der Waals surface area contributed by atoms with Crippen LogP contribution < -0.4 is 0 Å². The van der Waals surface area contributed by atoms with Crippen molar-refractivity contribution in [3.8, 4) is 22.3 Å². The maximum absolute atomic E-state index is 3.29. The van der Waals surface area contributed by atoms with E-state index in [-0.39, 0.29) is 0 Å². The highest BCUT2D eigenvalue weighted by Gasteiger charge is 2.05. The quantitative estimate of drug-likeness (QED) is 0.591. The predicted octanol–water partition coefficient (Wildman–Crippen LogP) is 4.82. The van der Waals surface area contributed by atoms with Gasteiger partial charge in [0, 0.05) is 0 Å². The molecule has 0 nitrogen and oxygen atoms in total. The summed E-state index contributed by atoms with van der Waals surface area (Å²) in [6, 6.07) is 30.3. The van der Waals surface area contributed by atoms with Crippen molar-refractivity contribution < 1.29 is 0 Å². The Labute approximate surface area is 108 Å². The summed E-state index contributed by atoms with van der Waals surface area (Å²) in [6.45, 7) is 0. The molecule has 18 heavy (non-hydrogen) atoms. The third-order valence-electron chi connectivity index (χ3n) is 3.01. The summed E-state index contributed by atoms with van der Waals surface area (Å²) in [6.07, 6.45) is 0. The van der Waals surface area contributed by atoms with E-state index in [4.69, 9.17) is 0 Å². The SMILES string of the molecule is [c]1ccccc1-c1ccccc1-c1ccccc1. The second kappa shape index (κ2) is 4.89. The van der Waals surface area contributed by atoms with E-state index >= 15 is 0 Å². The van der Waals surface area contributed by atoms with Gasteiger partial charge < -0.3 is 0 Å². The Balaban J connectivity index is 2.18. The van der Waals surface area contributed by atoms with Crippen LogP contribution in [0.3, 0.4) is 0 Å². The summed E-state index contributed by atoms with van der Waals surface area (Å²) < 4.78 is 0. The zero-order valence-electron chi connectivity index (χ0n) is 10.0. The standard InChI is InChI=1S/C18H13/c1-3-9-15(10-4-1)17-13-7-8-14-18(17)16-11-5-2-6-12-16/h1-11,13-14H. The maximum atomic E-state index is 3.29. The maximum Gasteiger partial charge on any atom is -0.00990 e. The van der Waals surface area contributed by atoms with Crippen LogP contribution in [0.2, 0.25) is 0 Å². The molecule has 0 spiro atoms. The van der Waals surface area contributed by atoms with Crippen LogP contribution in [0.1, 0.15) is 0 Å². The Bertz CT molecular complexity index is 566. The molecule has 0 fully saturated rings. The first kappa shape index (κ1) is 10.8. The molecule has 85 valence electrons. The van der Waals surface area contributed by atoms with Crippen molar-refractivity contribution >= 4 is 0 Å². The van der Waals surface area contributed by atoms with Crippen LogP contribution >= 0.6 is 0 Å². The van der Waals surface area contributed by atoms with Gasteiger partial charge in [0.2, 0.25) is 0 Å². The summed E-state index contributed by atoms with van der Waals surface area (Å²) >= 11 is 0. The van der Waals surface area contributed by atoms with Gasteiger partial charge in [-0.15, -0.1) is 0 Å². The van der Waals surface area contributed by atoms with E-state index in [2.05, 4.69) is 60.7 Å². The molecule has 0 N–H and O–H groups in total. The van der Waals surface area contributed by atoms with Gasteiger partial charge in [-0.05, 0) is 28.3 Å². The van der Waals surface area contributed by atoms with Crippen LogP contribution in [0.15, 0.2) is 78.9 Å². The number of benzene rings is 3. The largest absolute Gasteiger partial charge is 0.0622 e. The molecule has 0 saturated heterocycles. The lowest BCUT2D eigenvalue weighted by Crippen LogP contribution is -1.84. The fourth-order valence-electron chi connectivity index (χ4n) is 2.15. The van der Waals surface area contributed by atoms with Gasteiger partial charge in [-0.25, -0.2) is 0 Å². The van der Waals surface area contributed by atoms with E-state index < -0.39 is 0 Å². The predicted molar refractivity (Wildman–Crippen MR) is 76.2 cm³/mol. The normalized spacial score (nSPS) is 10.2. The number of rotatable bonds is 2. The molecule has 0 aliphatic rings. The fourth-order valence-corrected chi connectivity index (χ4v) is 2.15. The van der Waals surface area contributed by atoms with Crippen LogP contribution in [0.25, 0.3) is 22.3 Å². The molecule has 0 aliphatic heterocycles. The molecule has 3 rings (SSSR count). The van der Waals surface area contributed by atoms with Gasteiger partial charge in [0.05, 0.1) is 0 Å². The molecule has 0 bridgehead atoms. The minimum absolute atomic E-state index is 1.14. The van der Waals surface area contributed by atoms with Gasteiger partial charge in [-0.1, -0.05) is 78.9 Å². The van der Waals surface area contributed by atoms with Crippen molar-refractivity contribution in [2.24, 2.45) is 0 Å². The molecular formula is C18H13. The fraction of sp³-hybridized carbons (Fsp3) is 0. The first-order chi connectivity index (χ1) is 8.95. The van der Waals surface area contributed by atoms with Crippen molar-refractivity contribution in [2.75, 3.05) is 0 Å². The molecule has 3 aromatic rings. The van der Waals surface area contributed by atoms with Crippen molar-refractivity contribution in [2.45, 2.75) is 0 Å². The molecule has 0 heteroatoms. The van der Waals surface area contributed by atoms with E-state index in [0.29, 0.717) is 0 Å². The van der Waals surface area contributed by atoms with Crippen molar-refractivity contribution in [3.05, 3.63) is 84.9 Å². The molecule has 3 aromatic carbocycles. The van der Waals surface area contributed by atoms with Crippen molar-refractivity contribution in [1.82, 2.24) is 0 Å². The van der Waals surface area contributed by atoms with Crippen LogP contribution in [0, 0.1) is 6.07 Å². The minimum Gasteiger partial charge on any atom is -0.0622 e. The lowest BCUT2D eigenvalue weighted by molar-refractivity contribution is 1.58. The minimum atomic E-state index is 1.14. The summed E-state index contributed by atoms with van der Waals surface area (Å²) in [5.74, 6) is 0. The average Bonchev–Trinajstić information content (AvgIpc) is 2.49. The molecule has 0 aliphatic carbocycles. The molecule has 0 atom stereocenters. The average molecular weight is 229 g/mol. The Morgan fingerprint density at radius 3 is 1.94 bits per heavy atom. The zero-order chi connectivity index (χ0) is 12.2. The summed E-state index contributed by atoms with van der Waals surface area (Å²) in [4.78, 5) is 0. The third kappa shape index (κ3) is 2.05. The summed E-state index contributed by atoms with van der Waals surface area (Å²) in [7, 11) is 0. The van der Waals surface area contributed by atoms with E-state index in [9.17, 15) is 0 Å². The molecular weight excluding hydrogens is 216 g/mol. The van der Waals surface area contributed by atoms with Crippen LogP contribution in [-0.2, 0) is 0 Å². The van der Waals surface area contributed by atoms with E-state index in [1.807, 2.05) is 24.3 Å². The Morgan fingerprint density at radius 2 is 1.22 bits per heavy atom. The Morgan fingerprint density at radius 1 is 0.556 bits per heavy atom. The number of hydrogen-bond acceptors (Lipinski definition) is 0. The van der Waals surface area contributed by atoms with E-state index in [0.717, 1.165) is 5.56 Å². The number of hydrogen-bond donors (Lipinski definition) is 0. The molecule has 1 radical (unpaired) electrons. The van der Waals surface area contributed by atoms with Crippen LogP contribution in [-0.4, -0.2) is 0 Å². The first-order valence-electron chi connectivity index (χ1n) is 6.07. The second-order valence-corrected chi connectivity index (χ2v) is 4.19. The highest BCUT2D eigenvalue weighted by molar-refractivity contribution is 5.82. The van der Waals surface area contributed by atoms with E-state index in [1.54, 1.807) is 0 Å². The molecule has 0 saturated carbocycles. The summed E-state index contributed by atoms with van der Waals surface area (Å²) in [5.41, 5.74) is 4.85. The van der Waals surface area contributed by atoms with Crippen LogP contribution in [0.5, 0.6) is 0 Å². The third-order valence-corrected chi connectivity index (χ3v) is 3.01. The molecule has 0 amide bonds. The van der Waals surface area contributed by atoms with E-state index in [1.165, 1.54) is 16.7 Å². The van der Waals surface area contributed by atoms with Gasteiger partial charge in [0.25, 0.3) is 0 Å². The molecule has 0 aromatic heterocycles. The first-order valence-corrected chi connectivity index (χ1v) is 6.07. The topological polar surface area (TPSA) is 0 Å². The molecule has 0 unspecified atom stereocenters. The Hall–Kier alpha value is -2.34. The lowest BCUT2D eigenvalue weighted by Gasteiger charge is -2.09. The van der Waals surface area contributed by atoms with Gasteiger partial charge in [0.1, 0.15) is 0 Å².